The van der Waals surface area contributed by atoms with Crippen LogP contribution in [-0.4, -0.2) is 53.2 Å². The van der Waals surface area contributed by atoms with Crippen LogP contribution >= 0.6 is 69.6 Å². The Morgan fingerprint density at radius 1 is 0.853 bits per heavy atom. The number of benzene rings is 1. The molecular formula is C20H20Cl6N4O4. The van der Waals surface area contributed by atoms with Gasteiger partial charge in [-0.2, -0.15) is 0 Å². The lowest BCUT2D eigenvalue weighted by molar-refractivity contribution is -0.142. The maximum Gasteiger partial charge on any atom is 0.325 e. The molecule has 186 valence electrons. The number of carbonyl (C=O) groups is 2. The number of rotatable bonds is 8. The number of anilines is 1. The third-order valence-corrected chi connectivity index (χ3v) is 5.22. The summed E-state index contributed by atoms with van der Waals surface area (Å²) in [6, 6.07) is 5.05. The fourth-order valence-electron chi connectivity index (χ4n) is 2.81. The van der Waals surface area contributed by atoms with Gasteiger partial charge in [0.25, 0.3) is 0 Å². The molecule has 34 heavy (non-hydrogen) atoms. The van der Waals surface area contributed by atoms with E-state index >= 15 is 0 Å². The Morgan fingerprint density at radius 3 is 1.71 bits per heavy atom. The van der Waals surface area contributed by atoms with E-state index in [0.29, 0.717) is 16.8 Å². The molecule has 14 heteroatoms. The normalized spacial score (nSPS) is 11.8. The molecule has 8 nitrogen and oxygen atoms in total. The Morgan fingerprint density at radius 2 is 1.32 bits per heavy atom. The van der Waals surface area contributed by atoms with E-state index in [1.165, 1.54) is 4.90 Å². The highest BCUT2D eigenvalue weighted by molar-refractivity contribution is 6.67. The second-order valence-electron chi connectivity index (χ2n) is 6.77. The number of hydrogen-bond donors (Lipinski definition) is 0. The summed E-state index contributed by atoms with van der Waals surface area (Å²) in [6.07, 6.45) is 0. The van der Waals surface area contributed by atoms with Crippen molar-refractivity contribution in [2.45, 2.75) is 28.4 Å². The van der Waals surface area contributed by atoms with E-state index in [-0.39, 0.29) is 43.8 Å². The van der Waals surface area contributed by atoms with Gasteiger partial charge in [-0.25, -0.2) is 15.0 Å². The first-order chi connectivity index (χ1) is 15.8. The van der Waals surface area contributed by atoms with Gasteiger partial charge in [0.1, 0.15) is 13.1 Å². The molecule has 0 radical (unpaired) electrons. The first kappa shape index (κ1) is 28.9. The van der Waals surface area contributed by atoms with Crippen molar-refractivity contribution < 1.29 is 19.1 Å². The van der Waals surface area contributed by atoms with Crippen LogP contribution in [0.5, 0.6) is 0 Å². The lowest BCUT2D eigenvalue weighted by Gasteiger charge is -2.24. The summed E-state index contributed by atoms with van der Waals surface area (Å²) < 4.78 is 6.04. The standard InChI is InChI=1S/C20H20Cl6N4O4/c1-4-33-14(31)9-30(10-15(32)34-5-2)12-6-7-13(11(3)8-12)16-27-17(19(21,22)23)29-18(28-16)20(24,25)26/h6-8H,4-5,9-10H2,1-3H3. The summed E-state index contributed by atoms with van der Waals surface area (Å²) in [5.41, 5.74) is 1.73. The summed E-state index contributed by atoms with van der Waals surface area (Å²) in [4.78, 5) is 38.1. The van der Waals surface area contributed by atoms with Gasteiger partial charge >= 0.3 is 11.9 Å². The zero-order valence-electron chi connectivity index (χ0n) is 18.3. The Kier molecular flexibility index (Phi) is 10.3. The van der Waals surface area contributed by atoms with Crippen LogP contribution in [0, 0.1) is 6.92 Å². The van der Waals surface area contributed by atoms with Crippen molar-refractivity contribution in [2.24, 2.45) is 0 Å². The quantitative estimate of drug-likeness (QED) is 0.296. The predicted octanol–water partition coefficient (Wildman–Crippen LogP) is 5.43. The lowest BCUT2D eigenvalue weighted by atomic mass is 10.1. The van der Waals surface area contributed by atoms with Gasteiger partial charge in [-0.05, 0) is 44.5 Å². The minimum Gasteiger partial charge on any atom is -0.465 e. The number of alkyl halides is 6. The molecule has 0 saturated carbocycles. The SMILES string of the molecule is CCOC(=O)CN(CC(=O)OCC)c1ccc(-c2nc(C(Cl)(Cl)Cl)nc(C(Cl)(Cl)Cl)n2)c(C)c1. The number of halogens is 6. The zero-order chi connectivity index (χ0) is 25.7. The van der Waals surface area contributed by atoms with E-state index in [1.807, 2.05) is 0 Å². The van der Waals surface area contributed by atoms with Gasteiger partial charge in [0.15, 0.2) is 17.5 Å². The molecule has 0 amide bonds. The van der Waals surface area contributed by atoms with Crippen molar-refractivity contribution in [1.82, 2.24) is 15.0 Å². The molecule has 0 aliphatic heterocycles. The van der Waals surface area contributed by atoms with Crippen molar-refractivity contribution in [3.63, 3.8) is 0 Å². The number of esters is 2. The Hall–Kier alpha value is -1.29. The predicted molar refractivity (Wildman–Crippen MR) is 134 cm³/mol. The number of nitrogens with zero attached hydrogens (tertiary/aromatic N) is 4. The number of aryl methyl sites for hydroxylation is 1. The highest BCUT2D eigenvalue weighted by Gasteiger charge is 2.34. The Labute approximate surface area is 226 Å². The lowest BCUT2D eigenvalue weighted by Crippen LogP contribution is -2.36. The van der Waals surface area contributed by atoms with E-state index in [0.717, 1.165) is 0 Å². The number of aromatic nitrogens is 3. The van der Waals surface area contributed by atoms with Crippen molar-refractivity contribution in [2.75, 3.05) is 31.2 Å². The molecule has 0 spiro atoms. The van der Waals surface area contributed by atoms with Gasteiger partial charge in [0.05, 0.1) is 13.2 Å². The average Bonchev–Trinajstić information content (AvgIpc) is 2.72. The first-order valence-corrected chi connectivity index (χ1v) is 12.1. The summed E-state index contributed by atoms with van der Waals surface area (Å²) in [7, 11) is 0. The topological polar surface area (TPSA) is 94.5 Å². The van der Waals surface area contributed by atoms with E-state index in [1.54, 1.807) is 39.0 Å². The third-order valence-electron chi connectivity index (χ3n) is 4.21. The smallest absolute Gasteiger partial charge is 0.325 e. The molecule has 0 saturated heterocycles. The van der Waals surface area contributed by atoms with Gasteiger partial charge in [-0.15, -0.1) is 0 Å². The molecule has 0 N–H and O–H groups in total. The molecule has 0 fully saturated rings. The fourth-order valence-corrected chi connectivity index (χ4v) is 3.32. The Balaban J connectivity index is 2.51. The van der Waals surface area contributed by atoms with Crippen LogP contribution in [0.25, 0.3) is 11.4 Å². The minimum atomic E-state index is -1.99. The third kappa shape index (κ3) is 8.14. The summed E-state index contributed by atoms with van der Waals surface area (Å²) >= 11 is 35.7. The van der Waals surface area contributed by atoms with Crippen molar-refractivity contribution in [3.8, 4) is 11.4 Å². The minimum absolute atomic E-state index is 0.101. The maximum absolute atomic E-state index is 12.1. The second-order valence-corrected chi connectivity index (χ2v) is 11.3. The van der Waals surface area contributed by atoms with Crippen molar-refractivity contribution >= 4 is 87.2 Å². The number of ether oxygens (including phenoxy) is 2. The first-order valence-electron chi connectivity index (χ1n) is 9.83. The van der Waals surface area contributed by atoms with E-state index in [4.69, 9.17) is 79.1 Å². The summed E-state index contributed by atoms with van der Waals surface area (Å²) in [5, 5.41) is 0. The van der Waals surface area contributed by atoms with Gasteiger partial charge in [-0.1, -0.05) is 69.6 Å². The molecule has 0 bridgehead atoms. The van der Waals surface area contributed by atoms with Gasteiger partial charge in [-0.3, -0.25) is 9.59 Å². The van der Waals surface area contributed by atoms with Crippen LogP contribution in [0.2, 0.25) is 0 Å². The van der Waals surface area contributed by atoms with E-state index in [2.05, 4.69) is 15.0 Å². The highest BCUT2D eigenvalue weighted by atomic mass is 35.6. The molecule has 0 unspecified atom stereocenters. The summed E-state index contributed by atoms with van der Waals surface area (Å²) in [6.45, 7) is 5.25. The van der Waals surface area contributed by atoms with Gasteiger partial charge in [0, 0.05) is 11.3 Å². The van der Waals surface area contributed by atoms with E-state index in [9.17, 15) is 9.59 Å². The molecule has 0 aliphatic rings. The molecule has 0 aliphatic carbocycles. The molecule has 2 rings (SSSR count). The average molecular weight is 593 g/mol. The van der Waals surface area contributed by atoms with Crippen molar-refractivity contribution in [3.05, 3.63) is 35.4 Å². The molecule has 1 aromatic heterocycles. The second kappa shape index (κ2) is 12.1. The number of hydrogen-bond acceptors (Lipinski definition) is 8. The van der Waals surface area contributed by atoms with Crippen molar-refractivity contribution in [1.29, 1.82) is 0 Å². The number of carbonyl (C=O) groups excluding carboxylic acids is 2. The fraction of sp³-hybridized carbons (Fsp3) is 0.450. The monoisotopic (exact) mass is 590 g/mol. The molecule has 2 aromatic rings. The van der Waals surface area contributed by atoms with Crippen LogP contribution in [0.15, 0.2) is 18.2 Å². The molecule has 1 heterocycles. The molecule has 0 atom stereocenters. The summed E-state index contributed by atoms with van der Waals surface area (Å²) in [5.74, 6) is -1.34. The largest absolute Gasteiger partial charge is 0.465 e. The van der Waals surface area contributed by atoms with Gasteiger partial charge < -0.3 is 14.4 Å². The Bertz CT molecular complexity index is 990. The highest BCUT2D eigenvalue weighted by Crippen LogP contribution is 2.41. The van der Waals surface area contributed by atoms with Crippen LogP contribution in [-0.2, 0) is 26.6 Å². The van der Waals surface area contributed by atoms with Gasteiger partial charge in [0.2, 0.25) is 7.59 Å². The van der Waals surface area contributed by atoms with Crippen LogP contribution < -0.4 is 4.90 Å². The van der Waals surface area contributed by atoms with E-state index < -0.39 is 19.5 Å². The van der Waals surface area contributed by atoms with Crippen LogP contribution in [0.3, 0.4) is 0 Å². The molecular weight excluding hydrogens is 573 g/mol. The maximum atomic E-state index is 12.1. The molecule has 1 aromatic carbocycles. The van der Waals surface area contributed by atoms with Crippen LogP contribution in [0.1, 0.15) is 31.1 Å². The zero-order valence-corrected chi connectivity index (χ0v) is 22.8. The van der Waals surface area contributed by atoms with Crippen LogP contribution in [0.4, 0.5) is 5.69 Å².